The average Bonchev–Trinajstić information content (AvgIpc) is 3.16. The Morgan fingerprint density at radius 3 is 2.65 bits per heavy atom. The van der Waals surface area contributed by atoms with Gasteiger partial charge in [-0.15, -0.1) is 0 Å². The molecular weight excluding hydrogens is 420 g/mol. The fraction of sp³-hybridized carbons (Fsp3) is 0.550. The summed E-state index contributed by atoms with van der Waals surface area (Å²) in [7, 11) is 0. The van der Waals surface area contributed by atoms with E-state index in [4.69, 9.17) is 9.47 Å². The molecular formula is C20H28N6O4S. The summed E-state index contributed by atoms with van der Waals surface area (Å²) in [6.07, 6.45) is 1.32. The number of piperazine rings is 1. The van der Waals surface area contributed by atoms with Crippen molar-refractivity contribution in [2.75, 3.05) is 49.5 Å². The zero-order valence-corrected chi connectivity index (χ0v) is 19.1. The Morgan fingerprint density at radius 1 is 1.23 bits per heavy atom. The van der Waals surface area contributed by atoms with Crippen LogP contribution >= 0.6 is 11.3 Å². The van der Waals surface area contributed by atoms with Gasteiger partial charge >= 0.3 is 11.9 Å². The molecule has 1 N–H and O–H groups in total. The zero-order chi connectivity index (χ0) is 22.4. The minimum Gasteiger partial charge on any atom is -0.465 e. The number of aromatic nitrogens is 3. The molecule has 2 aromatic heterocycles. The topological polar surface area (TPSA) is 110 Å². The number of thiazole rings is 1. The average molecular weight is 449 g/mol. The molecule has 0 saturated carbocycles. The molecule has 3 rings (SSSR count). The first-order valence-electron chi connectivity index (χ1n) is 10.2. The summed E-state index contributed by atoms with van der Waals surface area (Å²) in [6, 6.07) is 1.88. The van der Waals surface area contributed by atoms with Crippen molar-refractivity contribution in [2.45, 2.75) is 33.8 Å². The fourth-order valence-electron chi connectivity index (χ4n) is 3.10. The van der Waals surface area contributed by atoms with Gasteiger partial charge in [0.25, 0.3) is 0 Å². The Balaban J connectivity index is 1.59. The van der Waals surface area contributed by atoms with Crippen LogP contribution < -0.4 is 10.2 Å². The Kier molecular flexibility index (Phi) is 7.75. The number of esters is 2. The largest absolute Gasteiger partial charge is 0.465 e. The highest BCUT2D eigenvalue weighted by Gasteiger charge is 2.20. The van der Waals surface area contributed by atoms with Gasteiger partial charge in [0.1, 0.15) is 28.9 Å². The number of nitrogens with zero attached hydrogens (tertiary/aromatic N) is 5. The normalized spacial score (nSPS) is 14.5. The predicted molar refractivity (Wildman–Crippen MR) is 118 cm³/mol. The van der Waals surface area contributed by atoms with Crippen LogP contribution in [0.2, 0.25) is 0 Å². The van der Waals surface area contributed by atoms with Gasteiger partial charge in [-0.1, -0.05) is 11.3 Å². The molecule has 1 fully saturated rings. The van der Waals surface area contributed by atoms with Crippen molar-refractivity contribution in [3.05, 3.63) is 23.0 Å². The van der Waals surface area contributed by atoms with Gasteiger partial charge in [0, 0.05) is 45.7 Å². The summed E-state index contributed by atoms with van der Waals surface area (Å²) in [5.74, 6) is 1.47. The molecule has 11 heteroatoms. The number of rotatable bonds is 8. The van der Waals surface area contributed by atoms with Crippen LogP contribution in [-0.2, 0) is 14.3 Å². The number of ether oxygens (including phenoxy) is 2. The molecule has 10 nitrogen and oxygen atoms in total. The van der Waals surface area contributed by atoms with Crippen LogP contribution in [0.3, 0.4) is 0 Å². The minimum absolute atomic E-state index is 0.180. The second-order valence-corrected chi connectivity index (χ2v) is 8.47. The van der Waals surface area contributed by atoms with Gasteiger partial charge in [0.2, 0.25) is 0 Å². The highest BCUT2D eigenvalue weighted by molar-refractivity contribution is 7.17. The number of hydrogen-bond donors (Lipinski definition) is 1. The summed E-state index contributed by atoms with van der Waals surface area (Å²) in [4.78, 5) is 41.1. The summed E-state index contributed by atoms with van der Waals surface area (Å²) < 4.78 is 10.2. The first-order chi connectivity index (χ1) is 14.8. The van der Waals surface area contributed by atoms with Crippen molar-refractivity contribution in [3.8, 4) is 0 Å². The first-order valence-corrected chi connectivity index (χ1v) is 11.0. The van der Waals surface area contributed by atoms with Gasteiger partial charge in [0.15, 0.2) is 5.13 Å². The van der Waals surface area contributed by atoms with Crippen molar-refractivity contribution < 1.29 is 19.1 Å². The van der Waals surface area contributed by atoms with Crippen LogP contribution in [0, 0.1) is 6.92 Å². The summed E-state index contributed by atoms with van der Waals surface area (Å²) in [6.45, 7) is 11.4. The lowest BCUT2D eigenvalue weighted by Crippen LogP contribution is -2.47. The van der Waals surface area contributed by atoms with Gasteiger partial charge in [-0.2, -0.15) is 0 Å². The summed E-state index contributed by atoms with van der Waals surface area (Å²) >= 11 is 1.22. The monoisotopic (exact) mass is 448 g/mol. The Bertz CT molecular complexity index is 911. The van der Waals surface area contributed by atoms with E-state index in [9.17, 15) is 9.59 Å². The maximum absolute atomic E-state index is 12.0. The number of aryl methyl sites for hydroxylation is 1. The van der Waals surface area contributed by atoms with E-state index in [1.807, 2.05) is 26.8 Å². The molecule has 1 saturated heterocycles. The van der Waals surface area contributed by atoms with Gasteiger partial charge < -0.3 is 19.7 Å². The summed E-state index contributed by atoms with van der Waals surface area (Å²) in [5, 5.41) is 3.73. The van der Waals surface area contributed by atoms with Crippen LogP contribution in [0.5, 0.6) is 0 Å². The first kappa shape index (κ1) is 22.9. The van der Waals surface area contributed by atoms with E-state index >= 15 is 0 Å². The van der Waals surface area contributed by atoms with Gasteiger partial charge in [-0.25, -0.2) is 19.7 Å². The molecule has 3 heterocycles. The molecule has 0 bridgehead atoms. The minimum atomic E-state index is -0.383. The Morgan fingerprint density at radius 2 is 1.97 bits per heavy atom. The van der Waals surface area contributed by atoms with Gasteiger partial charge in [0.05, 0.1) is 12.3 Å². The number of carbonyl (C=O) groups is 2. The molecule has 31 heavy (non-hydrogen) atoms. The quantitative estimate of drug-likeness (QED) is 0.604. The molecule has 0 unspecified atom stereocenters. The van der Waals surface area contributed by atoms with E-state index in [2.05, 4.69) is 30.1 Å². The van der Waals surface area contributed by atoms with E-state index in [-0.39, 0.29) is 18.0 Å². The molecule has 168 valence electrons. The van der Waals surface area contributed by atoms with Crippen molar-refractivity contribution >= 4 is 40.0 Å². The maximum Gasteiger partial charge on any atom is 0.350 e. The number of carbonyl (C=O) groups excluding carboxylic acids is 2. The third-order valence-electron chi connectivity index (χ3n) is 4.52. The van der Waals surface area contributed by atoms with Crippen molar-refractivity contribution in [3.63, 3.8) is 0 Å². The van der Waals surface area contributed by atoms with Crippen molar-refractivity contribution in [1.82, 2.24) is 19.9 Å². The molecule has 0 atom stereocenters. The third-order valence-corrected chi connectivity index (χ3v) is 5.41. The lowest BCUT2D eigenvalue weighted by atomic mass is 10.3. The second kappa shape index (κ2) is 10.5. The Hall–Kier alpha value is -2.79. The smallest absolute Gasteiger partial charge is 0.350 e. The van der Waals surface area contributed by atoms with Gasteiger partial charge in [-0.05, 0) is 20.8 Å². The van der Waals surface area contributed by atoms with E-state index in [1.54, 1.807) is 0 Å². The molecule has 0 spiro atoms. The van der Waals surface area contributed by atoms with Crippen LogP contribution in [0.4, 0.5) is 16.8 Å². The molecule has 0 aliphatic carbocycles. The Labute approximate surface area is 185 Å². The highest BCUT2D eigenvalue weighted by atomic mass is 32.1. The van der Waals surface area contributed by atoms with Crippen LogP contribution in [0.1, 0.15) is 36.3 Å². The molecule has 1 aliphatic rings. The number of anilines is 3. The van der Waals surface area contributed by atoms with Gasteiger partial charge in [-0.3, -0.25) is 9.69 Å². The fourth-order valence-corrected chi connectivity index (χ4v) is 3.81. The van der Waals surface area contributed by atoms with Crippen LogP contribution in [0.15, 0.2) is 12.3 Å². The maximum atomic E-state index is 12.0. The van der Waals surface area contributed by atoms with E-state index in [1.165, 1.54) is 24.5 Å². The lowest BCUT2D eigenvalue weighted by Gasteiger charge is -2.35. The molecule has 0 amide bonds. The standard InChI is InChI=1S/C20H28N6O4S/c1-13(2)30-19(28)16-12-21-20(31-16)24-17-11-18(23-14(3)22-17)26-7-5-25(6-8-26)9-10-29-15(4)27/h11-13H,5-10H2,1-4H3,(H,21,22,23,24). The van der Waals surface area contributed by atoms with Crippen LogP contribution in [0.25, 0.3) is 0 Å². The summed E-state index contributed by atoms with van der Waals surface area (Å²) in [5.41, 5.74) is 0. The number of nitrogens with one attached hydrogen (secondary N) is 1. The molecule has 1 aliphatic heterocycles. The van der Waals surface area contributed by atoms with Crippen molar-refractivity contribution in [2.24, 2.45) is 0 Å². The van der Waals surface area contributed by atoms with E-state index in [0.717, 1.165) is 38.5 Å². The zero-order valence-electron chi connectivity index (χ0n) is 18.3. The number of hydrogen-bond acceptors (Lipinski definition) is 11. The van der Waals surface area contributed by atoms with Crippen molar-refractivity contribution in [1.29, 1.82) is 0 Å². The van der Waals surface area contributed by atoms with Crippen LogP contribution in [-0.4, -0.2) is 77.2 Å². The lowest BCUT2D eigenvalue weighted by molar-refractivity contribution is -0.141. The molecule has 2 aromatic rings. The SMILES string of the molecule is CC(=O)OCCN1CCN(c2cc(Nc3ncc(C(=O)OC(C)C)s3)nc(C)n2)CC1. The predicted octanol–water partition coefficient (Wildman–Crippen LogP) is 2.24. The molecule has 0 aromatic carbocycles. The molecule has 0 radical (unpaired) electrons. The van der Waals surface area contributed by atoms with E-state index < -0.39 is 0 Å². The second-order valence-electron chi connectivity index (χ2n) is 7.44. The van der Waals surface area contributed by atoms with E-state index in [0.29, 0.717) is 28.3 Å². The third kappa shape index (κ3) is 6.86. The highest BCUT2D eigenvalue weighted by Crippen LogP contribution is 2.25.